The number of benzene rings is 3. The Bertz CT molecular complexity index is 1070. The van der Waals surface area contributed by atoms with E-state index in [1.807, 2.05) is 24.3 Å². The number of rotatable bonds is 7. The van der Waals surface area contributed by atoms with Crippen LogP contribution in [-0.2, 0) is 6.54 Å². The zero-order chi connectivity index (χ0) is 21.3. The zero-order valence-electron chi connectivity index (χ0n) is 17.4. The number of phenolic OH excluding ortho intramolecular Hbond substituents is 1. The van der Waals surface area contributed by atoms with E-state index < -0.39 is 0 Å². The number of hydrogen-bond acceptors (Lipinski definition) is 4. The van der Waals surface area contributed by atoms with Gasteiger partial charge in [0.1, 0.15) is 5.75 Å². The molecule has 5 heteroatoms. The van der Waals surface area contributed by atoms with E-state index in [-0.39, 0.29) is 17.6 Å². The summed E-state index contributed by atoms with van der Waals surface area (Å²) in [4.78, 5) is 30.0. The highest BCUT2D eigenvalue weighted by atomic mass is 16.3. The Hall–Kier alpha value is -3.18. The number of amides is 2. The number of nitrogens with zero attached hydrogens (tertiary/aromatic N) is 2. The van der Waals surface area contributed by atoms with Gasteiger partial charge in [-0.15, -0.1) is 0 Å². The fraction of sp³-hybridized carbons (Fsp3) is 0.280. The van der Waals surface area contributed by atoms with Crippen molar-refractivity contribution in [2.75, 3.05) is 18.0 Å². The van der Waals surface area contributed by atoms with E-state index in [1.54, 1.807) is 30.3 Å². The molecule has 0 saturated heterocycles. The van der Waals surface area contributed by atoms with Crippen molar-refractivity contribution in [3.05, 3.63) is 71.3 Å². The van der Waals surface area contributed by atoms with E-state index >= 15 is 0 Å². The van der Waals surface area contributed by atoms with E-state index in [0.29, 0.717) is 34.3 Å². The minimum absolute atomic E-state index is 0.174. The number of hydrogen-bond donors (Lipinski definition) is 1. The summed E-state index contributed by atoms with van der Waals surface area (Å²) in [5.74, 6) is -0.494. The predicted octanol–water partition coefficient (Wildman–Crippen LogP) is 4.97. The van der Waals surface area contributed by atoms with Crippen LogP contribution in [-0.4, -0.2) is 34.9 Å². The van der Waals surface area contributed by atoms with Crippen LogP contribution in [0.5, 0.6) is 5.75 Å². The Morgan fingerprint density at radius 2 is 1.60 bits per heavy atom. The quantitative estimate of drug-likeness (QED) is 0.567. The van der Waals surface area contributed by atoms with Crippen molar-refractivity contribution < 1.29 is 14.7 Å². The summed E-state index contributed by atoms with van der Waals surface area (Å²) in [5.41, 5.74) is 2.24. The average molecular weight is 402 g/mol. The Morgan fingerprint density at radius 1 is 0.933 bits per heavy atom. The van der Waals surface area contributed by atoms with E-state index in [1.165, 1.54) is 4.90 Å². The molecule has 0 spiro atoms. The van der Waals surface area contributed by atoms with Gasteiger partial charge in [-0.2, -0.15) is 0 Å². The molecule has 1 aliphatic rings. The molecule has 0 aromatic heterocycles. The lowest BCUT2D eigenvalue weighted by Crippen LogP contribution is -2.40. The zero-order valence-corrected chi connectivity index (χ0v) is 17.4. The molecule has 1 aliphatic heterocycles. The molecule has 4 rings (SSSR count). The van der Waals surface area contributed by atoms with Crippen molar-refractivity contribution in [3.8, 4) is 5.75 Å². The van der Waals surface area contributed by atoms with E-state index in [9.17, 15) is 14.7 Å². The first-order chi connectivity index (χ1) is 14.5. The fourth-order valence-electron chi connectivity index (χ4n) is 4.07. The predicted molar refractivity (Wildman–Crippen MR) is 119 cm³/mol. The molecule has 3 aromatic rings. The number of phenols is 1. The lowest BCUT2D eigenvalue weighted by atomic mass is 9.93. The van der Waals surface area contributed by atoms with Gasteiger partial charge in [-0.1, -0.05) is 44.5 Å². The van der Waals surface area contributed by atoms with Gasteiger partial charge in [-0.3, -0.25) is 14.5 Å². The Kier molecular flexibility index (Phi) is 5.55. The molecule has 0 bridgehead atoms. The molecular formula is C25H26N2O3. The van der Waals surface area contributed by atoms with Gasteiger partial charge in [0.25, 0.3) is 11.8 Å². The smallest absolute Gasteiger partial charge is 0.265 e. The van der Waals surface area contributed by atoms with E-state index in [0.717, 1.165) is 31.3 Å². The van der Waals surface area contributed by atoms with Crippen molar-refractivity contribution in [3.63, 3.8) is 0 Å². The molecule has 0 radical (unpaired) electrons. The van der Waals surface area contributed by atoms with Crippen LogP contribution in [0.15, 0.2) is 54.6 Å². The summed E-state index contributed by atoms with van der Waals surface area (Å²) in [6.07, 6.45) is 2.18. The molecule has 3 aromatic carbocycles. The van der Waals surface area contributed by atoms with Crippen LogP contribution in [0.3, 0.4) is 0 Å². The van der Waals surface area contributed by atoms with Crippen molar-refractivity contribution >= 4 is 28.3 Å². The molecule has 1 heterocycles. The Balaban J connectivity index is 1.73. The van der Waals surface area contributed by atoms with Crippen LogP contribution in [0.4, 0.5) is 5.69 Å². The Labute approximate surface area is 176 Å². The number of carbonyl (C=O) groups is 2. The van der Waals surface area contributed by atoms with Crippen LogP contribution in [0.2, 0.25) is 0 Å². The largest absolute Gasteiger partial charge is 0.508 e. The third kappa shape index (κ3) is 3.46. The second-order valence-corrected chi connectivity index (χ2v) is 7.69. The van der Waals surface area contributed by atoms with E-state index in [4.69, 9.17) is 0 Å². The number of aromatic hydroxyl groups is 1. The Morgan fingerprint density at radius 3 is 2.20 bits per heavy atom. The molecule has 0 atom stereocenters. The third-order valence-corrected chi connectivity index (χ3v) is 5.76. The molecule has 2 amide bonds. The molecule has 5 nitrogen and oxygen atoms in total. The first-order valence-corrected chi connectivity index (χ1v) is 10.5. The maximum absolute atomic E-state index is 13.3. The van der Waals surface area contributed by atoms with Crippen molar-refractivity contribution in [1.29, 1.82) is 0 Å². The second-order valence-electron chi connectivity index (χ2n) is 7.69. The fourth-order valence-corrected chi connectivity index (χ4v) is 4.07. The third-order valence-electron chi connectivity index (χ3n) is 5.76. The average Bonchev–Trinajstić information content (AvgIpc) is 2.76. The minimum atomic E-state index is -0.334. The molecule has 0 aliphatic carbocycles. The van der Waals surface area contributed by atoms with Crippen molar-refractivity contribution in [2.45, 2.75) is 33.2 Å². The lowest BCUT2D eigenvalue weighted by Gasteiger charge is -2.28. The molecule has 30 heavy (non-hydrogen) atoms. The standard InChI is InChI=1S/C25H26N2O3/c1-3-5-14-26(4-2)16-18-15-19(12-13-22(18)28)27-24(29)20-10-6-8-17-9-7-11-21(23(17)20)25(27)30/h6-13,15,28H,3-5,14,16H2,1-2H3. The first kappa shape index (κ1) is 20.1. The second kappa shape index (κ2) is 8.28. The number of unbranched alkanes of at least 4 members (excludes halogenated alkanes) is 1. The number of carbonyl (C=O) groups excluding carboxylic acids is 2. The highest BCUT2D eigenvalue weighted by molar-refractivity contribution is 6.35. The first-order valence-electron chi connectivity index (χ1n) is 10.5. The number of imide groups is 1. The minimum Gasteiger partial charge on any atom is -0.508 e. The van der Waals surface area contributed by atoms with Crippen LogP contribution in [0.25, 0.3) is 10.8 Å². The maximum atomic E-state index is 13.3. The molecule has 0 saturated carbocycles. The summed E-state index contributed by atoms with van der Waals surface area (Å²) in [6.45, 7) is 6.61. The number of anilines is 1. The summed E-state index contributed by atoms with van der Waals surface area (Å²) in [7, 11) is 0. The highest BCUT2D eigenvalue weighted by Gasteiger charge is 2.34. The summed E-state index contributed by atoms with van der Waals surface area (Å²) in [6, 6.07) is 16.0. The van der Waals surface area contributed by atoms with Gasteiger partial charge in [0.05, 0.1) is 5.69 Å². The SMILES string of the molecule is CCCCN(CC)Cc1cc(N2C(=O)c3cccc4cccc(c34)C2=O)ccc1O. The summed E-state index contributed by atoms with van der Waals surface area (Å²) in [5, 5.41) is 12.0. The van der Waals surface area contributed by atoms with Gasteiger partial charge < -0.3 is 5.11 Å². The maximum Gasteiger partial charge on any atom is 0.265 e. The van der Waals surface area contributed by atoms with Gasteiger partial charge in [0.15, 0.2) is 0 Å². The normalized spacial score (nSPS) is 13.5. The van der Waals surface area contributed by atoms with Gasteiger partial charge in [-0.25, -0.2) is 4.90 Å². The van der Waals surface area contributed by atoms with Crippen LogP contribution in [0, 0.1) is 0 Å². The molecule has 0 fully saturated rings. The topological polar surface area (TPSA) is 60.9 Å². The molecule has 154 valence electrons. The van der Waals surface area contributed by atoms with Crippen molar-refractivity contribution in [1.82, 2.24) is 4.90 Å². The van der Waals surface area contributed by atoms with Gasteiger partial charge >= 0.3 is 0 Å². The van der Waals surface area contributed by atoms with Crippen LogP contribution >= 0.6 is 0 Å². The van der Waals surface area contributed by atoms with Gasteiger partial charge in [0.2, 0.25) is 0 Å². The van der Waals surface area contributed by atoms with Gasteiger partial charge in [0, 0.05) is 28.6 Å². The van der Waals surface area contributed by atoms with Gasteiger partial charge in [-0.05, 0) is 55.2 Å². The van der Waals surface area contributed by atoms with E-state index in [2.05, 4.69) is 18.7 Å². The summed E-state index contributed by atoms with van der Waals surface area (Å²) >= 11 is 0. The lowest BCUT2D eigenvalue weighted by molar-refractivity contribution is 0.0893. The molecular weight excluding hydrogens is 376 g/mol. The molecule has 0 unspecified atom stereocenters. The monoisotopic (exact) mass is 402 g/mol. The summed E-state index contributed by atoms with van der Waals surface area (Å²) < 4.78 is 0. The highest BCUT2D eigenvalue weighted by Crippen LogP contribution is 2.34. The molecule has 1 N–H and O–H groups in total. The van der Waals surface area contributed by atoms with Crippen molar-refractivity contribution in [2.24, 2.45) is 0 Å². The van der Waals surface area contributed by atoms with Crippen LogP contribution in [0.1, 0.15) is 53.0 Å². The van der Waals surface area contributed by atoms with Crippen LogP contribution < -0.4 is 4.90 Å².